The number of aliphatic carboxylic acids is 1. The highest BCUT2D eigenvalue weighted by molar-refractivity contribution is 5.82. The molecule has 2 atom stereocenters. The third kappa shape index (κ3) is 9.94. The van der Waals surface area contributed by atoms with Crippen LogP contribution in [0.4, 0.5) is 13.2 Å². The number of alkyl halides is 3. The minimum atomic E-state index is -5.08. The molecule has 8 nitrogen and oxygen atoms in total. The molecule has 1 aliphatic heterocycles. The molecule has 234 valence electrons. The van der Waals surface area contributed by atoms with Crippen LogP contribution in [0, 0.1) is 0 Å². The molecule has 1 saturated heterocycles. The number of ether oxygens (including phenoxy) is 3. The fraction of sp³-hybridized carbons (Fsp3) is 0.333. The lowest BCUT2D eigenvalue weighted by Crippen LogP contribution is -2.45. The minimum Gasteiger partial charge on any atom is -0.493 e. The van der Waals surface area contributed by atoms with Crippen LogP contribution in [0.1, 0.15) is 30.0 Å². The summed E-state index contributed by atoms with van der Waals surface area (Å²) in [5.74, 6) is -2.17. The van der Waals surface area contributed by atoms with Crippen molar-refractivity contribution in [2.24, 2.45) is 0 Å². The van der Waals surface area contributed by atoms with Crippen molar-refractivity contribution in [2.45, 2.75) is 44.4 Å². The Labute approximate surface area is 253 Å². The molecule has 0 saturated carbocycles. The van der Waals surface area contributed by atoms with Gasteiger partial charge in [-0.1, -0.05) is 66.7 Å². The van der Waals surface area contributed by atoms with Gasteiger partial charge in [0.05, 0.1) is 38.6 Å². The minimum absolute atomic E-state index is 0.0188. The number of nitrogens with one attached hydrogen (secondary N) is 1. The molecule has 1 fully saturated rings. The first kappa shape index (κ1) is 32.7. The summed E-state index contributed by atoms with van der Waals surface area (Å²) < 4.78 is 51.4. The molecule has 11 heteroatoms. The highest BCUT2D eigenvalue weighted by Crippen LogP contribution is 2.23. The van der Waals surface area contributed by atoms with E-state index in [-0.39, 0.29) is 17.7 Å². The number of piperidine rings is 1. The van der Waals surface area contributed by atoms with Crippen molar-refractivity contribution in [1.29, 1.82) is 0 Å². The molecule has 1 aliphatic rings. The van der Waals surface area contributed by atoms with E-state index in [4.69, 9.17) is 24.1 Å². The van der Waals surface area contributed by atoms with Crippen molar-refractivity contribution in [3.8, 4) is 5.75 Å². The molecule has 2 unspecified atom stereocenters. The number of carboxylic acid groups (broad SMARTS) is 1. The predicted octanol–water partition coefficient (Wildman–Crippen LogP) is 5.74. The average molecular weight is 613 g/mol. The molecule has 0 amide bonds. The molecular weight excluding hydrogens is 577 g/mol. The number of aromatic nitrogens is 1. The van der Waals surface area contributed by atoms with Crippen LogP contribution in [0.15, 0.2) is 95.9 Å². The van der Waals surface area contributed by atoms with Gasteiger partial charge in [0.1, 0.15) is 5.75 Å². The lowest BCUT2D eigenvalue weighted by Gasteiger charge is -2.33. The summed E-state index contributed by atoms with van der Waals surface area (Å²) in [4.78, 5) is 21.9. The van der Waals surface area contributed by atoms with E-state index >= 15 is 0 Å². The van der Waals surface area contributed by atoms with Gasteiger partial charge in [-0.2, -0.15) is 13.2 Å². The van der Waals surface area contributed by atoms with Crippen LogP contribution < -0.4 is 15.6 Å². The van der Waals surface area contributed by atoms with Gasteiger partial charge in [0, 0.05) is 25.2 Å². The van der Waals surface area contributed by atoms with Crippen LogP contribution in [0.5, 0.6) is 5.75 Å². The number of hydrogen-bond acceptors (Lipinski definition) is 6. The largest absolute Gasteiger partial charge is 0.493 e. The number of benzene rings is 3. The summed E-state index contributed by atoms with van der Waals surface area (Å²) in [6, 6.07) is 28.3. The summed E-state index contributed by atoms with van der Waals surface area (Å²) in [5, 5.41) is 13.0. The lowest BCUT2D eigenvalue weighted by molar-refractivity contribution is -0.192. The number of carbonyl (C=O) groups is 1. The van der Waals surface area contributed by atoms with Crippen LogP contribution in [0.25, 0.3) is 10.8 Å². The van der Waals surface area contributed by atoms with Crippen molar-refractivity contribution in [3.05, 3.63) is 113 Å². The van der Waals surface area contributed by atoms with E-state index in [0.717, 1.165) is 30.5 Å². The summed E-state index contributed by atoms with van der Waals surface area (Å²) in [6.45, 7) is 3.79. The fourth-order valence-electron chi connectivity index (χ4n) is 4.79. The van der Waals surface area contributed by atoms with E-state index in [9.17, 15) is 18.0 Å². The zero-order valence-corrected chi connectivity index (χ0v) is 24.0. The molecule has 5 rings (SSSR count). The number of rotatable bonds is 11. The Bertz CT molecular complexity index is 1540. The molecule has 0 aliphatic carbocycles. The van der Waals surface area contributed by atoms with Crippen molar-refractivity contribution >= 4 is 16.7 Å². The maximum atomic E-state index is 13.0. The molecule has 0 spiro atoms. The molecular formula is C33H35F3N2O6. The third-order valence-electron chi connectivity index (χ3n) is 7.00. The van der Waals surface area contributed by atoms with E-state index in [1.807, 2.05) is 54.7 Å². The number of nitrogens with zero attached hydrogens (tertiary/aromatic N) is 1. The second-order valence-corrected chi connectivity index (χ2v) is 10.2. The second-order valence-electron chi connectivity index (χ2n) is 10.2. The summed E-state index contributed by atoms with van der Waals surface area (Å²) in [7, 11) is 0. The number of halogens is 3. The van der Waals surface area contributed by atoms with Crippen LogP contribution in [0.3, 0.4) is 0 Å². The number of hydrogen-bond donors (Lipinski definition) is 2. The molecule has 1 aromatic heterocycles. The Morgan fingerprint density at radius 2 is 1.64 bits per heavy atom. The van der Waals surface area contributed by atoms with Crippen molar-refractivity contribution in [3.63, 3.8) is 0 Å². The molecule has 2 N–H and O–H groups in total. The molecule has 4 aromatic rings. The average Bonchev–Trinajstić information content (AvgIpc) is 3.02. The van der Waals surface area contributed by atoms with Crippen molar-refractivity contribution in [2.75, 3.05) is 26.3 Å². The maximum Gasteiger partial charge on any atom is 0.490 e. The smallest absolute Gasteiger partial charge is 0.490 e. The first-order chi connectivity index (χ1) is 21.2. The van der Waals surface area contributed by atoms with E-state index < -0.39 is 12.1 Å². The Balaban J connectivity index is 0.000000566. The van der Waals surface area contributed by atoms with Gasteiger partial charge < -0.3 is 29.2 Å². The van der Waals surface area contributed by atoms with Gasteiger partial charge in [0.15, 0.2) is 0 Å². The molecule has 0 bridgehead atoms. The summed E-state index contributed by atoms with van der Waals surface area (Å²) >= 11 is 0. The maximum absolute atomic E-state index is 13.0. The quantitative estimate of drug-likeness (QED) is 0.209. The molecule has 3 aromatic carbocycles. The normalized spacial score (nSPS) is 16.6. The number of carboxylic acids is 1. The Kier molecular flexibility index (Phi) is 11.9. The summed E-state index contributed by atoms with van der Waals surface area (Å²) in [5.41, 5.74) is 2.22. The first-order valence-electron chi connectivity index (χ1n) is 14.3. The van der Waals surface area contributed by atoms with Crippen LogP contribution in [0.2, 0.25) is 0 Å². The first-order valence-corrected chi connectivity index (χ1v) is 14.3. The van der Waals surface area contributed by atoms with Gasteiger partial charge in [-0.05, 0) is 47.0 Å². The van der Waals surface area contributed by atoms with E-state index in [1.54, 1.807) is 10.6 Å². The van der Waals surface area contributed by atoms with Gasteiger partial charge in [-0.25, -0.2) is 4.79 Å². The second kappa shape index (κ2) is 16.0. The Hall–Kier alpha value is -4.19. The lowest BCUT2D eigenvalue weighted by atomic mass is 10.0. The Morgan fingerprint density at radius 3 is 2.36 bits per heavy atom. The number of pyridine rings is 1. The zero-order valence-electron chi connectivity index (χ0n) is 24.0. The van der Waals surface area contributed by atoms with Crippen molar-refractivity contribution in [1.82, 2.24) is 9.88 Å². The van der Waals surface area contributed by atoms with Crippen LogP contribution in [-0.2, 0) is 27.5 Å². The van der Waals surface area contributed by atoms with Crippen molar-refractivity contribution < 1.29 is 37.3 Å². The molecule has 0 radical (unpaired) electrons. The van der Waals surface area contributed by atoms with E-state index in [2.05, 4.69) is 35.6 Å². The standard InChI is InChI=1S/C31H34N2O4.C2HF3O2/c34-31-20-28(36-18-6-17-35-22-24-7-2-1-3-8-24)14-16-33(31)29-13-15-32-21-30(29)37-23-25-11-12-26-9-4-5-10-27(26)19-25;3-2(4,5)1(6)7/h1-5,7-12,14,16,19-20,29-30,32H,6,13,15,17-18,21-23H2;(H,6,7). The highest BCUT2D eigenvalue weighted by atomic mass is 19.4. The molecule has 2 heterocycles. The van der Waals surface area contributed by atoms with Gasteiger partial charge in [0.25, 0.3) is 5.56 Å². The van der Waals surface area contributed by atoms with Gasteiger partial charge in [-0.3, -0.25) is 4.79 Å². The van der Waals surface area contributed by atoms with E-state index in [1.165, 1.54) is 10.8 Å². The SMILES string of the molecule is O=C(O)C(F)(F)F.O=c1cc(OCCCOCc2ccccc2)ccn1C1CCNCC1OCc1ccc2ccccc2c1. The van der Waals surface area contributed by atoms with Gasteiger partial charge in [-0.15, -0.1) is 0 Å². The topological polar surface area (TPSA) is 99.0 Å². The third-order valence-corrected chi connectivity index (χ3v) is 7.00. The monoisotopic (exact) mass is 612 g/mol. The van der Waals surface area contributed by atoms with E-state index in [0.29, 0.717) is 38.7 Å². The Morgan fingerprint density at radius 1 is 0.909 bits per heavy atom. The van der Waals surface area contributed by atoms with Crippen LogP contribution in [-0.4, -0.2) is 54.2 Å². The fourth-order valence-corrected chi connectivity index (χ4v) is 4.79. The number of fused-ring (bicyclic) bond motifs is 1. The molecule has 44 heavy (non-hydrogen) atoms. The highest BCUT2D eigenvalue weighted by Gasteiger charge is 2.38. The predicted molar refractivity (Wildman–Crippen MR) is 160 cm³/mol. The zero-order chi connectivity index (χ0) is 31.4. The van der Waals surface area contributed by atoms with Gasteiger partial charge in [0.2, 0.25) is 0 Å². The summed E-state index contributed by atoms with van der Waals surface area (Å²) in [6.07, 6.45) is -1.74. The van der Waals surface area contributed by atoms with Gasteiger partial charge >= 0.3 is 12.1 Å². The van der Waals surface area contributed by atoms with Crippen LogP contribution >= 0.6 is 0 Å².